The molecule has 6 nitrogen and oxygen atoms in total. The van der Waals surface area contributed by atoms with Crippen LogP contribution in [0, 0.1) is 0 Å². The van der Waals surface area contributed by atoms with E-state index < -0.39 is 0 Å². The Kier molecular flexibility index (Phi) is 4.97. The van der Waals surface area contributed by atoms with Crippen LogP contribution in [0.15, 0.2) is 48.7 Å². The first-order valence-corrected chi connectivity index (χ1v) is 8.21. The molecule has 3 rings (SSSR count). The van der Waals surface area contributed by atoms with Gasteiger partial charge in [0.15, 0.2) is 0 Å². The Bertz CT molecular complexity index is 746. The van der Waals surface area contributed by atoms with Crippen LogP contribution >= 0.6 is 0 Å². The minimum Gasteiger partial charge on any atom is -0.481 e. The van der Waals surface area contributed by atoms with Gasteiger partial charge in [-0.05, 0) is 11.6 Å². The summed E-state index contributed by atoms with van der Waals surface area (Å²) >= 11 is 0. The van der Waals surface area contributed by atoms with Crippen molar-refractivity contribution >= 4 is 11.8 Å². The van der Waals surface area contributed by atoms with Crippen LogP contribution in [0.2, 0.25) is 0 Å². The Hall–Kier alpha value is -2.89. The zero-order valence-electron chi connectivity index (χ0n) is 14.4. The van der Waals surface area contributed by atoms with E-state index in [9.17, 15) is 9.59 Å². The number of rotatable bonds is 3. The molecule has 2 amide bonds. The number of methoxy groups -OCH3 is 1. The molecule has 0 saturated carbocycles. The van der Waals surface area contributed by atoms with Crippen LogP contribution in [0.5, 0.6) is 5.88 Å². The molecular formula is C19H21N3O3. The predicted octanol–water partition coefficient (Wildman–Crippen LogP) is 2.14. The SMILES string of the molecule is COc1ccc(C(=O)N2CCN(C(C)=O)C(c3ccccc3)C2)cn1. The molecule has 0 spiro atoms. The van der Waals surface area contributed by atoms with Crippen molar-refractivity contribution < 1.29 is 14.3 Å². The average molecular weight is 339 g/mol. The third-order valence-electron chi connectivity index (χ3n) is 4.45. The molecule has 1 aromatic carbocycles. The number of hydrogen-bond donors (Lipinski definition) is 0. The van der Waals surface area contributed by atoms with Gasteiger partial charge in [-0.1, -0.05) is 30.3 Å². The van der Waals surface area contributed by atoms with Crippen molar-refractivity contribution in [1.29, 1.82) is 0 Å². The zero-order valence-corrected chi connectivity index (χ0v) is 14.4. The second-order valence-corrected chi connectivity index (χ2v) is 5.98. The van der Waals surface area contributed by atoms with Gasteiger partial charge >= 0.3 is 0 Å². The maximum atomic E-state index is 12.8. The van der Waals surface area contributed by atoms with Crippen molar-refractivity contribution in [2.24, 2.45) is 0 Å². The van der Waals surface area contributed by atoms with Crippen LogP contribution in [0.1, 0.15) is 28.9 Å². The number of amides is 2. The zero-order chi connectivity index (χ0) is 17.8. The van der Waals surface area contributed by atoms with E-state index in [1.54, 1.807) is 24.0 Å². The minimum atomic E-state index is -0.136. The number of hydrogen-bond acceptors (Lipinski definition) is 4. The van der Waals surface area contributed by atoms with E-state index in [2.05, 4.69) is 4.98 Å². The number of benzene rings is 1. The molecule has 6 heteroatoms. The van der Waals surface area contributed by atoms with E-state index in [-0.39, 0.29) is 17.9 Å². The largest absolute Gasteiger partial charge is 0.481 e. The normalized spacial score (nSPS) is 17.3. The van der Waals surface area contributed by atoms with Crippen LogP contribution in [-0.4, -0.2) is 53.3 Å². The molecule has 0 bridgehead atoms. The van der Waals surface area contributed by atoms with Crippen molar-refractivity contribution in [2.45, 2.75) is 13.0 Å². The fraction of sp³-hybridized carbons (Fsp3) is 0.316. The molecule has 2 heterocycles. The third kappa shape index (κ3) is 3.63. The van der Waals surface area contributed by atoms with Gasteiger partial charge in [0.05, 0.1) is 18.7 Å². The summed E-state index contributed by atoms with van der Waals surface area (Å²) in [5.41, 5.74) is 1.55. The van der Waals surface area contributed by atoms with Crippen molar-refractivity contribution in [1.82, 2.24) is 14.8 Å². The quantitative estimate of drug-likeness (QED) is 0.859. The van der Waals surface area contributed by atoms with Gasteiger partial charge < -0.3 is 14.5 Å². The number of ether oxygens (including phenoxy) is 1. The maximum absolute atomic E-state index is 12.8. The van der Waals surface area contributed by atoms with Crippen molar-refractivity contribution in [2.75, 3.05) is 26.7 Å². The first-order valence-electron chi connectivity index (χ1n) is 8.21. The number of carbonyl (C=O) groups is 2. The van der Waals surface area contributed by atoms with Crippen molar-refractivity contribution in [3.8, 4) is 5.88 Å². The first-order chi connectivity index (χ1) is 12.1. The van der Waals surface area contributed by atoms with Gasteiger partial charge in [-0.3, -0.25) is 9.59 Å². The number of carbonyl (C=O) groups excluding carboxylic acids is 2. The highest BCUT2D eigenvalue weighted by atomic mass is 16.5. The van der Waals surface area contributed by atoms with Gasteiger partial charge in [0.1, 0.15) is 0 Å². The Morgan fingerprint density at radius 2 is 1.88 bits per heavy atom. The van der Waals surface area contributed by atoms with E-state index in [0.717, 1.165) is 5.56 Å². The molecular weight excluding hydrogens is 318 g/mol. The van der Waals surface area contributed by atoms with Gasteiger partial charge in [-0.15, -0.1) is 0 Å². The highest BCUT2D eigenvalue weighted by Gasteiger charge is 2.32. The summed E-state index contributed by atoms with van der Waals surface area (Å²) in [5.74, 6) is 0.409. The summed E-state index contributed by atoms with van der Waals surface area (Å²) in [4.78, 5) is 32.5. The van der Waals surface area contributed by atoms with E-state index in [1.807, 2.05) is 35.2 Å². The molecule has 25 heavy (non-hydrogen) atoms. The number of piperazine rings is 1. The fourth-order valence-electron chi connectivity index (χ4n) is 3.11. The Labute approximate surface area is 147 Å². The number of aromatic nitrogens is 1. The summed E-state index contributed by atoms with van der Waals surface area (Å²) in [6.07, 6.45) is 1.52. The molecule has 1 aliphatic heterocycles. The molecule has 0 aliphatic carbocycles. The molecule has 0 N–H and O–H groups in total. The first kappa shape index (κ1) is 17.0. The summed E-state index contributed by atoms with van der Waals surface area (Å²) in [5, 5.41) is 0. The summed E-state index contributed by atoms with van der Waals surface area (Å²) in [6.45, 7) is 3.06. The van der Waals surface area contributed by atoms with Crippen LogP contribution in [0.3, 0.4) is 0 Å². The number of nitrogens with zero attached hydrogens (tertiary/aromatic N) is 3. The summed E-state index contributed by atoms with van der Waals surface area (Å²) in [6, 6.07) is 13.1. The highest BCUT2D eigenvalue weighted by molar-refractivity contribution is 5.94. The predicted molar refractivity (Wildman–Crippen MR) is 93.3 cm³/mol. The molecule has 1 unspecified atom stereocenters. The van der Waals surface area contributed by atoms with E-state index >= 15 is 0 Å². The lowest BCUT2D eigenvalue weighted by atomic mass is 10.0. The van der Waals surface area contributed by atoms with Gasteiger partial charge in [0.25, 0.3) is 5.91 Å². The minimum absolute atomic E-state index is 0.0204. The molecule has 0 radical (unpaired) electrons. The monoisotopic (exact) mass is 339 g/mol. The second-order valence-electron chi connectivity index (χ2n) is 5.98. The van der Waals surface area contributed by atoms with Crippen LogP contribution in [0.4, 0.5) is 0 Å². The Morgan fingerprint density at radius 1 is 1.12 bits per heavy atom. The van der Waals surface area contributed by atoms with Gasteiger partial charge in [0, 0.05) is 38.8 Å². The Morgan fingerprint density at radius 3 is 2.48 bits per heavy atom. The topological polar surface area (TPSA) is 62.7 Å². The van der Waals surface area contributed by atoms with Crippen LogP contribution < -0.4 is 4.74 Å². The molecule has 2 aromatic rings. The fourth-order valence-corrected chi connectivity index (χ4v) is 3.11. The lowest BCUT2D eigenvalue weighted by Crippen LogP contribution is -2.51. The van der Waals surface area contributed by atoms with E-state index in [1.165, 1.54) is 13.3 Å². The molecule has 130 valence electrons. The van der Waals surface area contributed by atoms with Crippen molar-refractivity contribution in [3.05, 3.63) is 59.8 Å². The van der Waals surface area contributed by atoms with Crippen LogP contribution in [-0.2, 0) is 4.79 Å². The molecule has 1 saturated heterocycles. The average Bonchev–Trinajstić information content (AvgIpc) is 2.67. The van der Waals surface area contributed by atoms with E-state index in [4.69, 9.17) is 4.74 Å². The lowest BCUT2D eigenvalue weighted by molar-refractivity contribution is -0.133. The molecule has 1 fully saturated rings. The van der Waals surface area contributed by atoms with Crippen LogP contribution in [0.25, 0.3) is 0 Å². The molecule has 1 aliphatic rings. The molecule has 1 atom stereocenters. The summed E-state index contributed by atoms with van der Waals surface area (Å²) in [7, 11) is 1.54. The number of pyridine rings is 1. The Balaban J connectivity index is 1.81. The van der Waals surface area contributed by atoms with E-state index in [0.29, 0.717) is 31.1 Å². The van der Waals surface area contributed by atoms with Gasteiger partial charge in [0.2, 0.25) is 11.8 Å². The standard InChI is InChI=1S/C19H21N3O3/c1-14(23)22-11-10-21(13-17(22)15-6-4-3-5-7-15)19(24)16-8-9-18(25-2)20-12-16/h3-9,12,17H,10-11,13H2,1-2H3. The third-order valence-corrected chi connectivity index (χ3v) is 4.45. The highest BCUT2D eigenvalue weighted by Crippen LogP contribution is 2.26. The second kappa shape index (κ2) is 7.34. The van der Waals surface area contributed by atoms with Crippen molar-refractivity contribution in [3.63, 3.8) is 0 Å². The van der Waals surface area contributed by atoms with Gasteiger partial charge in [-0.2, -0.15) is 0 Å². The maximum Gasteiger partial charge on any atom is 0.255 e. The molecule has 1 aromatic heterocycles. The van der Waals surface area contributed by atoms with Gasteiger partial charge in [-0.25, -0.2) is 4.98 Å². The lowest BCUT2D eigenvalue weighted by Gasteiger charge is -2.41. The summed E-state index contributed by atoms with van der Waals surface area (Å²) < 4.78 is 5.03. The smallest absolute Gasteiger partial charge is 0.255 e.